The fourth-order valence-electron chi connectivity index (χ4n) is 1.60. The first-order valence-corrected chi connectivity index (χ1v) is 6.04. The van der Waals surface area contributed by atoms with Gasteiger partial charge in [-0.3, -0.25) is 0 Å². The number of nitrogens with zero attached hydrogens (tertiary/aromatic N) is 3. The molecule has 0 fully saturated rings. The molecule has 0 aliphatic rings. The minimum absolute atomic E-state index is 0.00854. The third-order valence-electron chi connectivity index (χ3n) is 2.44. The maximum atomic E-state index is 8.61. The molecule has 0 aliphatic carbocycles. The number of aromatic nitrogens is 3. The smallest absolute Gasteiger partial charge is 0.223 e. The molecule has 2 aromatic rings. The number of anilines is 1. The lowest BCUT2D eigenvalue weighted by atomic mass is 10.2. The van der Waals surface area contributed by atoms with Crippen LogP contribution in [0.1, 0.15) is 5.82 Å². The van der Waals surface area contributed by atoms with Gasteiger partial charge in [0.1, 0.15) is 5.82 Å². The van der Waals surface area contributed by atoms with Gasteiger partial charge in [-0.05, 0) is 0 Å². The van der Waals surface area contributed by atoms with Crippen molar-refractivity contribution in [3.63, 3.8) is 0 Å². The Morgan fingerprint density at radius 3 is 2.58 bits per heavy atom. The lowest BCUT2D eigenvalue weighted by Crippen LogP contribution is -2.09. The summed E-state index contributed by atoms with van der Waals surface area (Å²) < 4.78 is 5.18. The summed E-state index contributed by atoms with van der Waals surface area (Å²) >= 11 is 0. The van der Waals surface area contributed by atoms with Gasteiger partial charge in [0.2, 0.25) is 5.95 Å². The number of ether oxygens (including phenoxy) is 1. The monoisotopic (exact) mass is 260 g/mol. The van der Waals surface area contributed by atoms with Crippen LogP contribution in [0.5, 0.6) is 0 Å². The second kappa shape index (κ2) is 6.77. The van der Waals surface area contributed by atoms with Crippen molar-refractivity contribution in [2.45, 2.75) is 6.42 Å². The summed E-state index contributed by atoms with van der Waals surface area (Å²) in [6, 6.07) is 9.60. The molecule has 3 N–H and O–H groups in total. The van der Waals surface area contributed by atoms with Crippen LogP contribution in [-0.2, 0) is 11.2 Å². The van der Waals surface area contributed by atoms with E-state index in [-0.39, 0.29) is 12.6 Å². The number of nitrogen functional groups attached to an aromatic ring is 1. The maximum Gasteiger partial charge on any atom is 0.223 e. The van der Waals surface area contributed by atoms with E-state index in [2.05, 4.69) is 15.0 Å². The average Bonchev–Trinajstić information content (AvgIpc) is 2.44. The third kappa shape index (κ3) is 3.97. The lowest BCUT2D eigenvalue weighted by Gasteiger charge is -2.05. The molecule has 0 amide bonds. The van der Waals surface area contributed by atoms with Crippen LogP contribution in [0.25, 0.3) is 11.4 Å². The van der Waals surface area contributed by atoms with Crippen molar-refractivity contribution in [2.24, 2.45) is 0 Å². The third-order valence-corrected chi connectivity index (χ3v) is 2.44. The second-order valence-electron chi connectivity index (χ2n) is 3.89. The van der Waals surface area contributed by atoms with E-state index < -0.39 is 0 Å². The predicted molar refractivity (Wildman–Crippen MR) is 71.3 cm³/mol. The summed E-state index contributed by atoms with van der Waals surface area (Å²) in [6.07, 6.45) is 0.534. The van der Waals surface area contributed by atoms with E-state index in [1.54, 1.807) is 0 Å². The molecule has 1 heterocycles. The molecule has 1 aromatic heterocycles. The maximum absolute atomic E-state index is 8.61. The molecule has 0 spiro atoms. The highest BCUT2D eigenvalue weighted by molar-refractivity contribution is 5.55. The topological polar surface area (TPSA) is 94.2 Å². The van der Waals surface area contributed by atoms with Gasteiger partial charge in [0, 0.05) is 12.0 Å². The van der Waals surface area contributed by atoms with Crippen molar-refractivity contribution in [3.8, 4) is 11.4 Å². The van der Waals surface area contributed by atoms with Gasteiger partial charge >= 0.3 is 0 Å². The van der Waals surface area contributed by atoms with Crippen molar-refractivity contribution in [1.29, 1.82) is 0 Å². The molecule has 6 heteroatoms. The van der Waals surface area contributed by atoms with Crippen LogP contribution in [0, 0.1) is 0 Å². The number of aliphatic hydroxyl groups is 1. The molecular formula is C13H16N4O2. The van der Waals surface area contributed by atoms with Gasteiger partial charge in [-0.15, -0.1) is 0 Å². The molecule has 0 bridgehead atoms. The fourth-order valence-corrected chi connectivity index (χ4v) is 1.60. The van der Waals surface area contributed by atoms with Crippen LogP contribution in [0.4, 0.5) is 5.95 Å². The van der Waals surface area contributed by atoms with Crippen molar-refractivity contribution >= 4 is 5.95 Å². The molecule has 1 aromatic carbocycles. The molecule has 0 atom stereocenters. The van der Waals surface area contributed by atoms with E-state index in [9.17, 15) is 0 Å². The van der Waals surface area contributed by atoms with Gasteiger partial charge in [-0.1, -0.05) is 30.3 Å². The van der Waals surface area contributed by atoms with Gasteiger partial charge in [0.15, 0.2) is 5.82 Å². The number of rotatable bonds is 6. The molecule has 0 aliphatic heterocycles. The highest BCUT2D eigenvalue weighted by Gasteiger charge is 2.06. The number of benzene rings is 1. The van der Waals surface area contributed by atoms with Crippen molar-refractivity contribution in [2.75, 3.05) is 25.6 Å². The minimum Gasteiger partial charge on any atom is -0.394 e. The molecular weight excluding hydrogens is 244 g/mol. The quantitative estimate of drug-likeness (QED) is 0.741. The Kier molecular flexibility index (Phi) is 4.77. The average molecular weight is 260 g/mol. The van der Waals surface area contributed by atoms with Crippen LogP contribution >= 0.6 is 0 Å². The summed E-state index contributed by atoms with van der Waals surface area (Å²) in [7, 11) is 0. The van der Waals surface area contributed by atoms with E-state index >= 15 is 0 Å². The summed E-state index contributed by atoms with van der Waals surface area (Å²) in [5, 5.41) is 8.61. The zero-order chi connectivity index (χ0) is 13.5. The highest BCUT2D eigenvalue weighted by Crippen LogP contribution is 2.14. The van der Waals surface area contributed by atoms with Crippen LogP contribution in [0.3, 0.4) is 0 Å². The summed E-state index contributed by atoms with van der Waals surface area (Å²) in [5.41, 5.74) is 6.58. The fraction of sp³-hybridized carbons (Fsp3) is 0.308. The molecule has 0 saturated heterocycles. The van der Waals surface area contributed by atoms with Crippen LogP contribution in [-0.4, -0.2) is 39.9 Å². The van der Waals surface area contributed by atoms with Gasteiger partial charge in [0.25, 0.3) is 0 Å². The normalized spacial score (nSPS) is 10.6. The standard InChI is InChI=1S/C13H16N4O2/c14-13-16-11(6-8-19-9-7-18)15-12(17-13)10-4-2-1-3-5-10/h1-5,18H,6-9H2,(H2,14,15,16,17). The molecule has 100 valence electrons. The first kappa shape index (κ1) is 13.4. The summed E-state index contributed by atoms with van der Waals surface area (Å²) in [5.74, 6) is 1.35. The van der Waals surface area contributed by atoms with Crippen molar-refractivity contribution in [1.82, 2.24) is 15.0 Å². The van der Waals surface area contributed by atoms with Crippen molar-refractivity contribution in [3.05, 3.63) is 36.2 Å². The Balaban J connectivity index is 2.11. The van der Waals surface area contributed by atoms with E-state index in [0.717, 1.165) is 5.56 Å². The number of nitrogens with two attached hydrogens (primary N) is 1. The Morgan fingerprint density at radius 2 is 1.84 bits per heavy atom. The number of hydrogen-bond donors (Lipinski definition) is 2. The number of aliphatic hydroxyl groups excluding tert-OH is 1. The first-order valence-electron chi connectivity index (χ1n) is 6.04. The zero-order valence-electron chi connectivity index (χ0n) is 10.5. The van der Waals surface area contributed by atoms with E-state index in [1.807, 2.05) is 30.3 Å². The van der Waals surface area contributed by atoms with Crippen molar-refractivity contribution < 1.29 is 9.84 Å². The lowest BCUT2D eigenvalue weighted by molar-refractivity contribution is 0.0936. The molecule has 19 heavy (non-hydrogen) atoms. The Morgan fingerprint density at radius 1 is 1.05 bits per heavy atom. The van der Waals surface area contributed by atoms with Gasteiger partial charge < -0.3 is 15.6 Å². The van der Waals surface area contributed by atoms with Gasteiger partial charge in [0.05, 0.1) is 19.8 Å². The molecule has 6 nitrogen and oxygen atoms in total. The SMILES string of the molecule is Nc1nc(CCOCCO)nc(-c2ccccc2)n1. The Bertz CT molecular complexity index is 519. The van der Waals surface area contributed by atoms with E-state index in [1.165, 1.54) is 0 Å². The Labute approximate surface area is 111 Å². The predicted octanol–water partition coefficient (Wildman–Crippen LogP) is 0.672. The van der Waals surface area contributed by atoms with Crippen LogP contribution in [0.15, 0.2) is 30.3 Å². The molecule has 0 unspecified atom stereocenters. The Hall–Kier alpha value is -2.05. The first-order chi connectivity index (χ1) is 9.29. The summed E-state index contributed by atoms with van der Waals surface area (Å²) in [4.78, 5) is 12.6. The van der Waals surface area contributed by atoms with Crippen LogP contribution < -0.4 is 5.73 Å². The van der Waals surface area contributed by atoms with Gasteiger partial charge in [-0.25, -0.2) is 4.98 Å². The zero-order valence-corrected chi connectivity index (χ0v) is 10.5. The number of hydrogen-bond acceptors (Lipinski definition) is 6. The summed E-state index contributed by atoms with van der Waals surface area (Å²) in [6.45, 7) is 0.763. The van der Waals surface area contributed by atoms with Crippen LogP contribution in [0.2, 0.25) is 0 Å². The van der Waals surface area contributed by atoms with E-state index in [4.69, 9.17) is 15.6 Å². The largest absolute Gasteiger partial charge is 0.394 e. The molecule has 2 rings (SSSR count). The highest BCUT2D eigenvalue weighted by atomic mass is 16.5. The minimum atomic E-state index is 0.00854. The van der Waals surface area contributed by atoms with E-state index in [0.29, 0.717) is 31.3 Å². The second-order valence-corrected chi connectivity index (χ2v) is 3.89. The molecule has 0 radical (unpaired) electrons. The van der Waals surface area contributed by atoms with Gasteiger partial charge in [-0.2, -0.15) is 9.97 Å². The molecule has 0 saturated carbocycles.